The Morgan fingerprint density at radius 1 is 1.08 bits per heavy atom. The largest absolute Gasteiger partial charge is 0.327 e. The molecule has 0 saturated heterocycles. The van der Waals surface area contributed by atoms with Crippen molar-refractivity contribution in [2.75, 3.05) is 0 Å². The van der Waals surface area contributed by atoms with Gasteiger partial charge >= 0.3 is 0 Å². The Hall–Kier alpha value is -0.0400. The maximum absolute atomic E-state index is 6.10. The lowest BCUT2D eigenvalue weighted by atomic mass is 9.88. The first-order valence-corrected chi connectivity index (χ1v) is 5.95. The fourth-order valence-electron chi connectivity index (χ4n) is 2.26. The Labute approximate surface area is 83.1 Å². The molecule has 1 saturated carbocycles. The molecule has 1 aliphatic rings. The van der Waals surface area contributed by atoms with E-state index in [1.807, 2.05) is 0 Å². The predicted octanol–water partition coefficient (Wildman–Crippen LogP) is 3.33. The van der Waals surface area contributed by atoms with Crippen LogP contribution in [0.25, 0.3) is 0 Å². The number of hydrogen-bond donors (Lipinski definition) is 1. The van der Waals surface area contributed by atoms with E-state index >= 15 is 0 Å². The van der Waals surface area contributed by atoms with Gasteiger partial charge < -0.3 is 5.73 Å². The van der Waals surface area contributed by atoms with Crippen LogP contribution in [0.3, 0.4) is 0 Å². The zero-order valence-corrected chi connectivity index (χ0v) is 9.26. The third kappa shape index (κ3) is 4.12. The van der Waals surface area contributed by atoms with E-state index < -0.39 is 0 Å². The topological polar surface area (TPSA) is 26.0 Å². The van der Waals surface area contributed by atoms with Crippen molar-refractivity contribution in [3.8, 4) is 0 Å². The molecule has 0 aromatic carbocycles. The molecule has 13 heavy (non-hydrogen) atoms. The van der Waals surface area contributed by atoms with Crippen LogP contribution in [-0.2, 0) is 0 Å². The molecule has 0 spiro atoms. The molecule has 0 bridgehead atoms. The zero-order chi connectivity index (χ0) is 9.68. The van der Waals surface area contributed by atoms with Crippen LogP contribution in [0.2, 0.25) is 0 Å². The van der Waals surface area contributed by atoms with Crippen LogP contribution in [0.1, 0.15) is 58.8 Å². The van der Waals surface area contributed by atoms with E-state index in [1.54, 1.807) is 0 Å². The number of rotatable bonds is 3. The van der Waals surface area contributed by atoms with Gasteiger partial charge in [-0.05, 0) is 18.3 Å². The molecule has 0 aromatic heterocycles. The lowest BCUT2D eigenvalue weighted by molar-refractivity contribution is 0.344. The summed E-state index contributed by atoms with van der Waals surface area (Å²) in [5.41, 5.74) is 6.10. The van der Waals surface area contributed by atoms with E-state index in [0.29, 0.717) is 12.0 Å². The molecule has 0 aliphatic heterocycles. The Balaban J connectivity index is 2.25. The molecule has 0 amide bonds. The van der Waals surface area contributed by atoms with E-state index in [0.717, 1.165) is 5.92 Å². The van der Waals surface area contributed by atoms with Crippen molar-refractivity contribution in [3.05, 3.63) is 0 Å². The summed E-state index contributed by atoms with van der Waals surface area (Å²) in [7, 11) is 0. The predicted molar refractivity (Wildman–Crippen MR) is 58.6 cm³/mol. The van der Waals surface area contributed by atoms with Crippen molar-refractivity contribution >= 4 is 0 Å². The molecule has 1 atom stereocenters. The third-order valence-corrected chi connectivity index (χ3v) is 3.44. The first-order valence-electron chi connectivity index (χ1n) is 5.95. The van der Waals surface area contributed by atoms with Gasteiger partial charge in [0, 0.05) is 6.04 Å². The highest BCUT2D eigenvalue weighted by molar-refractivity contribution is 4.73. The van der Waals surface area contributed by atoms with E-state index in [4.69, 9.17) is 5.73 Å². The quantitative estimate of drug-likeness (QED) is 0.667. The maximum atomic E-state index is 6.10. The van der Waals surface area contributed by atoms with E-state index in [1.165, 1.54) is 44.9 Å². The highest BCUT2D eigenvalue weighted by atomic mass is 14.6. The molecule has 2 N–H and O–H groups in total. The van der Waals surface area contributed by atoms with Gasteiger partial charge in [-0.1, -0.05) is 52.4 Å². The van der Waals surface area contributed by atoms with Crippen LogP contribution >= 0.6 is 0 Å². The van der Waals surface area contributed by atoms with Gasteiger partial charge in [-0.25, -0.2) is 0 Å². The van der Waals surface area contributed by atoms with Crippen molar-refractivity contribution in [3.63, 3.8) is 0 Å². The Bertz CT molecular complexity index is 123. The fraction of sp³-hybridized carbons (Fsp3) is 1.00. The fourth-order valence-corrected chi connectivity index (χ4v) is 2.26. The summed E-state index contributed by atoms with van der Waals surface area (Å²) in [6.07, 6.45) is 9.91. The SMILES string of the molecule is CC(C)C(N)CC1CCCCCC1. The molecule has 1 heteroatoms. The van der Waals surface area contributed by atoms with E-state index in [2.05, 4.69) is 13.8 Å². The van der Waals surface area contributed by atoms with Gasteiger partial charge in [0.1, 0.15) is 0 Å². The summed E-state index contributed by atoms with van der Waals surface area (Å²) in [5, 5.41) is 0. The average Bonchev–Trinajstić information content (AvgIpc) is 2.32. The first-order chi connectivity index (χ1) is 6.20. The van der Waals surface area contributed by atoms with Crippen LogP contribution in [0.15, 0.2) is 0 Å². The van der Waals surface area contributed by atoms with Crippen molar-refractivity contribution in [2.24, 2.45) is 17.6 Å². The molecule has 1 aliphatic carbocycles. The molecule has 1 unspecified atom stereocenters. The standard InChI is InChI=1S/C12H25N/c1-10(2)12(13)9-11-7-5-3-4-6-8-11/h10-12H,3-9,13H2,1-2H3. The van der Waals surface area contributed by atoms with Gasteiger partial charge in [-0.2, -0.15) is 0 Å². The minimum absolute atomic E-state index is 0.433. The Kier molecular flexibility index (Phi) is 4.79. The molecule has 0 radical (unpaired) electrons. The summed E-state index contributed by atoms with van der Waals surface area (Å²) in [5.74, 6) is 1.59. The lowest BCUT2D eigenvalue weighted by Gasteiger charge is -2.21. The van der Waals surface area contributed by atoms with E-state index in [9.17, 15) is 0 Å². The molecular weight excluding hydrogens is 158 g/mol. The number of hydrogen-bond acceptors (Lipinski definition) is 1. The summed E-state index contributed by atoms with van der Waals surface area (Å²) in [4.78, 5) is 0. The molecular formula is C12H25N. The van der Waals surface area contributed by atoms with Crippen molar-refractivity contribution in [1.82, 2.24) is 0 Å². The molecule has 1 nitrogen and oxygen atoms in total. The molecule has 78 valence electrons. The molecule has 1 fully saturated rings. The van der Waals surface area contributed by atoms with Gasteiger partial charge in [0.2, 0.25) is 0 Å². The van der Waals surface area contributed by atoms with Crippen LogP contribution in [0.5, 0.6) is 0 Å². The molecule has 1 rings (SSSR count). The Morgan fingerprint density at radius 3 is 2.08 bits per heavy atom. The third-order valence-electron chi connectivity index (χ3n) is 3.44. The van der Waals surface area contributed by atoms with Crippen LogP contribution in [0, 0.1) is 11.8 Å². The highest BCUT2D eigenvalue weighted by Gasteiger charge is 2.17. The van der Waals surface area contributed by atoms with Crippen LogP contribution in [-0.4, -0.2) is 6.04 Å². The smallest absolute Gasteiger partial charge is 0.00645 e. The van der Waals surface area contributed by atoms with Crippen molar-refractivity contribution in [1.29, 1.82) is 0 Å². The summed E-state index contributed by atoms with van der Waals surface area (Å²) in [6.45, 7) is 4.47. The zero-order valence-electron chi connectivity index (χ0n) is 9.26. The van der Waals surface area contributed by atoms with Gasteiger partial charge in [-0.15, -0.1) is 0 Å². The Morgan fingerprint density at radius 2 is 1.62 bits per heavy atom. The maximum Gasteiger partial charge on any atom is 0.00645 e. The molecule has 0 heterocycles. The van der Waals surface area contributed by atoms with Gasteiger partial charge in [0.25, 0.3) is 0 Å². The van der Waals surface area contributed by atoms with E-state index in [-0.39, 0.29) is 0 Å². The average molecular weight is 183 g/mol. The monoisotopic (exact) mass is 183 g/mol. The minimum Gasteiger partial charge on any atom is -0.327 e. The van der Waals surface area contributed by atoms with Crippen LogP contribution < -0.4 is 5.73 Å². The normalized spacial score (nSPS) is 23.1. The van der Waals surface area contributed by atoms with Gasteiger partial charge in [-0.3, -0.25) is 0 Å². The molecule has 0 aromatic rings. The summed E-state index contributed by atoms with van der Waals surface area (Å²) >= 11 is 0. The lowest BCUT2D eigenvalue weighted by Crippen LogP contribution is -2.29. The van der Waals surface area contributed by atoms with Gasteiger partial charge in [0.15, 0.2) is 0 Å². The number of nitrogens with two attached hydrogens (primary N) is 1. The second-order valence-electron chi connectivity index (χ2n) is 5.00. The van der Waals surface area contributed by atoms with Crippen molar-refractivity contribution < 1.29 is 0 Å². The second kappa shape index (κ2) is 5.64. The minimum atomic E-state index is 0.433. The summed E-state index contributed by atoms with van der Waals surface area (Å²) in [6, 6.07) is 0.433. The second-order valence-corrected chi connectivity index (χ2v) is 5.00. The highest BCUT2D eigenvalue weighted by Crippen LogP contribution is 2.27. The van der Waals surface area contributed by atoms with Gasteiger partial charge in [0.05, 0.1) is 0 Å². The van der Waals surface area contributed by atoms with Crippen LogP contribution in [0.4, 0.5) is 0 Å². The summed E-state index contributed by atoms with van der Waals surface area (Å²) < 4.78 is 0. The first kappa shape index (κ1) is 11.0. The van der Waals surface area contributed by atoms with Crippen molar-refractivity contribution in [2.45, 2.75) is 64.8 Å².